The molecule has 1 aliphatic heterocycles. The molecule has 0 spiro atoms. The van der Waals surface area contributed by atoms with Gasteiger partial charge in [0.15, 0.2) is 5.78 Å². The van der Waals surface area contributed by atoms with E-state index in [1.54, 1.807) is 12.1 Å². The number of nitrogens with one attached hydrogen (secondary N) is 1. The molecular weight excluding hydrogens is 412 g/mol. The Kier molecular flexibility index (Phi) is 6.82. The zero-order valence-corrected chi connectivity index (χ0v) is 19.2. The van der Waals surface area contributed by atoms with Crippen LogP contribution >= 0.6 is 0 Å². The Morgan fingerprint density at radius 1 is 0.903 bits per heavy atom. The summed E-state index contributed by atoms with van der Waals surface area (Å²) in [6.07, 6.45) is 9.87. The second-order valence-electron chi connectivity index (χ2n) is 9.58. The molecule has 6 nitrogen and oxygen atoms in total. The Morgan fingerprint density at radius 2 is 1.55 bits per heavy atom. The number of hydrogen-bond acceptors (Lipinski definition) is 4. The average Bonchev–Trinajstić information content (AvgIpc) is 2.79. The Hall–Kier alpha value is -1.73. The van der Waals surface area contributed by atoms with Crippen LogP contribution in [0.2, 0.25) is 0 Å². The van der Waals surface area contributed by atoms with Gasteiger partial charge in [-0.2, -0.15) is 4.31 Å². The number of hydrogen-bond donors (Lipinski definition) is 1. The van der Waals surface area contributed by atoms with Crippen molar-refractivity contribution in [1.29, 1.82) is 0 Å². The maximum atomic E-state index is 12.9. The smallest absolute Gasteiger partial charge is 0.243 e. The number of piperidine rings is 1. The minimum Gasteiger partial charge on any atom is -0.353 e. The summed E-state index contributed by atoms with van der Waals surface area (Å²) in [6, 6.07) is 6.37. The summed E-state index contributed by atoms with van der Waals surface area (Å²) in [4.78, 5) is 24.5. The van der Waals surface area contributed by atoms with Gasteiger partial charge in [-0.1, -0.05) is 37.8 Å². The number of fused-ring (bicyclic) bond motifs is 1. The van der Waals surface area contributed by atoms with Gasteiger partial charge in [-0.05, 0) is 63.0 Å². The molecule has 1 saturated heterocycles. The van der Waals surface area contributed by atoms with Crippen LogP contribution in [0.25, 0.3) is 0 Å². The molecule has 4 rings (SSSR count). The van der Waals surface area contributed by atoms with Crippen molar-refractivity contribution in [3.63, 3.8) is 0 Å². The van der Waals surface area contributed by atoms with Crippen LogP contribution in [0.3, 0.4) is 0 Å². The lowest BCUT2D eigenvalue weighted by atomic mass is 9.69. The first kappa shape index (κ1) is 22.5. The van der Waals surface area contributed by atoms with Gasteiger partial charge in [-0.3, -0.25) is 9.59 Å². The summed E-state index contributed by atoms with van der Waals surface area (Å²) >= 11 is 0. The number of carbonyl (C=O) groups excluding carboxylic acids is 2. The topological polar surface area (TPSA) is 83.6 Å². The molecule has 0 unspecified atom stereocenters. The van der Waals surface area contributed by atoms with Gasteiger partial charge >= 0.3 is 0 Å². The number of amides is 1. The molecular formula is C24H34N2O4S. The first-order chi connectivity index (χ1) is 14.8. The van der Waals surface area contributed by atoms with Crippen molar-refractivity contribution in [2.45, 2.75) is 75.6 Å². The molecule has 7 heteroatoms. The lowest BCUT2D eigenvalue weighted by Crippen LogP contribution is -2.47. The Labute approximate surface area is 185 Å². The highest BCUT2D eigenvalue weighted by Crippen LogP contribution is 2.40. The van der Waals surface area contributed by atoms with Crippen molar-refractivity contribution in [1.82, 2.24) is 9.62 Å². The van der Waals surface area contributed by atoms with E-state index in [1.807, 2.05) is 0 Å². The Morgan fingerprint density at radius 3 is 2.19 bits per heavy atom. The highest BCUT2D eigenvalue weighted by atomic mass is 32.2. The second kappa shape index (κ2) is 9.41. The van der Waals surface area contributed by atoms with Crippen LogP contribution in [0.1, 0.15) is 75.1 Å². The zero-order chi connectivity index (χ0) is 22.0. The standard InChI is InChI=1S/C24H34N2O4S/c1-17(27)18-7-10-23(11-8-18)31(29,30)26-14-12-20(13-15-26)24(28)25-22-9-6-19-4-2-3-5-21(19)16-22/h7-8,10-11,19-22H,2-6,9,12-16H2,1H3,(H,25,28)/t19-,21-,22+/m0/s1. The fourth-order valence-electron chi connectivity index (χ4n) is 5.69. The quantitative estimate of drug-likeness (QED) is 0.698. The van der Waals surface area contributed by atoms with Gasteiger partial charge in [0.05, 0.1) is 4.90 Å². The molecule has 170 valence electrons. The predicted octanol–water partition coefficient (Wildman–Crippen LogP) is 3.77. The summed E-state index contributed by atoms with van der Waals surface area (Å²) in [6.45, 7) is 2.16. The fourth-order valence-corrected chi connectivity index (χ4v) is 7.16. The molecule has 31 heavy (non-hydrogen) atoms. The van der Waals surface area contributed by atoms with Crippen LogP contribution in [0.4, 0.5) is 0 Å². The third-order valence-electron chi connectivity index (χ3n) is 7.61. The number of sulfonamides is 1. The van der Waals surface area contributed by atoms with Crippen molar-refractivity contribution in [3.05, 3.63) is 29.8 Å². The first-order valence-electron chi connectivity index (χ1n) is 11.8. The highest BCUT2D eigenvalue weighted by Gasteiger charge is 2.35. The summed E-state index contributed by atoms with van der Waals surface area (Å²) in [7, 11) is -3.60. The van der Waals surface area contributed by atoms with Crippen LogP contribution in [0, 0.1) is 17.8 Å². The molecule has 2 aliphatic carbocycles. The second-order valence-corrected chi connectivity index (χ2v) is 11.5. The van der Waals surface area contributed by atoms with Crippen molar-refractivity contribution >= 4 is 21.7 Å². The van der Waals surface area contributed by atoms with Crippen molar-refractivity contribution in [2.24, 2.45) is 17.8 Å². The van der Waals surface area contributed by atoms with E-state index in [-0.39, 0.29) is 28.5 Å². The molecule has 1 amide bonds. The molecule has 3 atom stereocenters. The number of Topliss-reactive ketones (excluding diaryl/α,β-unsaturated/α-hetero) is 1. The molecule has 1 heterocycles. The summed E-state index contributed by atoms with van der Waals surface area (Å²) in [5.41, 5.74) is 0.497. The molecule has 1 aromatic rings. The lowest BCUT2D eigenvalue weighted by molar-refractivity contribution is -0.127. The number of nitrogens with zero attached hydrogens (tertiary/aromatic N) is 1. The third kappa shape index (κ3) is 5.03. The third-order valence-corrected chi connectivity index (χ3v) is 9.52. The highest BCUT2D eigenvalue weighted by molar-refractivity contribution is 7.89. The van der Waals surface area contributed by atoms with E-state index in [0.717, 1.165) is 24.7 Å². The van der Waals surface area contributed by atoms with Gasteiger partial charge in [0.2, 0.25) is 15.9 Å². The van der Waals surface area contributed by atoms with Crippen LogP contribution in [-0.4, -0.2) is 43.5 Å². The summed E-state index contributed by atoms with van der Waals surface area (Å²) in [5.74, 6) is 1.53. The van der Waals surface area contributed by atoms with E-state index in [1.165, 1.54) is 55.5 Å². The molecule has 0 radical (unpaired) electrons. The van der Waals surface area contributed by atoms with E-state index < -0.39 is 10.0 Å². The van der Waals surface area contributed by atoms with Crippen molar-refractivity contribution in [2.75, 3.05) is 13.1 Å². The average molecular weight is 447 g/mol. The van der Waals surface area contributed by atoms with E-state index in [4.69, 9.17) is 0 Å². The predicted molar refractivity (Wildman–Crippen MR) is 119 cm³/mol. The first-order valence-corrected chi connectivity index (χ1v) is 13.2. The van der Waals surface area contributed by atoms with Gasteiger partial charge in [-0.15, -0.1) is 0 Å². The van der Waals surface area contributed by atoms with Gasteiger partial charge < -0.3 is 5.32 Å². The SMILES string of the molecule is CC(=O)c1ccc(S(=O)(=O)N2CCC(C(=O)N[C@@H]3CC[C@@H]4CCCC[C@H]4C3)CC2)cc1. The lowest BCUT2D eigenvalue weighted by Gasteiger charge is -2.40. The number of benzene rings is 1. The number of rotatable bonds is 5. The largest absolute Gasteiger partial charge is 0.353 e. The maximum Gasteiger partial charge on any atom is 0.243 e. The van der Waals surface area contributed by atoms with Crippen molar-refractivity contribution in [3.8, 4) is 0 Å². The Balaban J connectivity index is 1.29. The van der Waals surface area contributed by atoms with Gasteiger partial charge in [0.1, 0.15) is 0 Å². The fraction of sp³-hybridized carbons (Fsp3) is 0.667. The molecule has 0 bridgehead atoms. The normalized spacial score (nSPS) is 28.0. The molecule has 1 aromatic carbocycles. The van der Waals surface area contributed by atoms with E-state index in [2.05, 4.69) is 5.32 Å². The van der Waals surface area contributed by atoms with Crippen LogP contribution in [-0.2, 0) is 14.8 Å². The van der Waals surface area contributed by atoms with Gasteiger partial charge in [0, 0.05) is 30.6 Å². The molecule has 2 saturated carbocycles. The minimum absolute atomic E-state index is 0.0900. The number of ketones is 1. The monoisotopic (exact) mass is 446 g/mol. The Bertz CT molecular complexity index is 904. The van der Waals surface area contributed by atoms with Gasteiger partial charge in [0.25, 0.3) is 0 Å². The van der Waals surface area contributed by atoms with Gasteiger partial charge in [-0.25, -0.2) is 8.42 Å². The van der Waals surface area contributed by atoms with E-state index in [0.29, 0.717) is 31.5 Å². The van der Waals surface area contributed by atoms with Crippen LogP contribution < -0.4 is 5.32 Å². The molecule has 3 fully saturated rings. The number of carbonyl (C=O) groups is 2. The van der Waals surface area contributed by atoms with Crippen LogP contribution in [0.15, 0.2) is 29.2 Å². The van der Waals surface area contributed by atoms with Crippen LogP contribution in [0.5, 0.6) is 0 Å². The molecule has 3 aliphatic rings. The summed E-state index contributed by atoms with van der Waals surface area (Å²) in [5, 5.41) is 3.28. The minimum atomic E-state index is -3.60. The van der Waals surface area contributed by atoms with E-state index >= 15 is 0 Å². The maximum absolute atomic E-state index is 12.9. The molecule has 0 aromatic heterocycles. The molecule has 1 N–H and O–H groups in total. The van der Waals surface area contributed by atoms with Crippen molar-refractivity contribution < 1.29 is 18.0 Å². The van der Waals surface area contributed by atoms with E-state index in [9.17, 15) is 18.0 Å². The zero-order valence-electron chi connectivity index (χ0n) is 18.4. The summed E-state index contributed by atoms with van der Waals surface area (Å²) < 4.78 is 27.3.